The van der Waals surface area contributed by atoms with E-state index in [4.69, 9.17) is 5.11 Å². The highest BCUT2D eigenvalue weighted by atomic mass is 16.4. The number of aliphatic carboxylic acids is 1. The van der Waals surface area contributed by atoms with Gasteiger partial charge in [-0.2, -0.15) is 0 Å². The fourth-order valence-electron chi connectivity index (χ4n) is 5.19. The van der Waals surface area contributed by atoms with Crippen molar-refractivity contribution in [2.24, 2.45) is 5.92 Å². The monoisotopic (exact) mass is 505 g/mol. The van der Waals surface area contributed by atoms with E-state index in [1.807, 2.05) is 50.2 Å². The van der Waals surface area contributed by atoms with Crippen LogP contribution in [0.15, 0.2) is 42.5 Å². The van der Waals surface area contributed by atoms with Crippen molar-refractivity contribution in [3.05, 3.63) is 59.2 Å². The molecule has 0 spiro atoms. The first-order valence-electron chi connectivity index (χ1n) is 12.5. The first-order valence-corrected chi connectivity index (χ1v) is 12.5. The van der Waals surface area contributed by atoms with E-state index in [9.17, 15) is 24.0 Å². The number of carboxylic acids is 1. The molecule has 37 heavy (non-hydrogen) atoms. The summed E-state index contributed by atoms with van der Waals surface area (Å²) in [5.74, 6) is -2.78. The van der Waals surface area contributed by atoms with Crippen LogP contribution >= 0.6 is 0 Å². The van der Waals surface area contributed by atoms with Gasteiger partial charge in [0.25, 0.3) is 5.91 Å². The Morgan fingerprint density at radius 2 is 1.78 bits per heavy atom. The summed E-state index contributed by atoms with van der Waals surface area (Å²) in [7, 11) is 0. The van der Waals surface area contributed by atoms with Gasteiger partial charge in [0.05, 0.1) is 12.5 Å². The van der Waals surface area contributed by atoms with Crippen LogP contribution in [0.1, 0.15) is 54.6 Å². The lowest BCUT2D eigenvalue weighted by molar-refractivity contribution is -0.142. The van der Waals surface area contributed by atoms with Crippen LogP contribution in [0.2, 0.25) is 0 Å². The summed E-state index contributed by atoms with van der Waals surface area (Å²) >= 11 is 0. The molecule has 0 saturated carbocycles. The van der Waals surface area contributed by atoms with Crippen LogP contribution in [0, 0.1) is 5.92 Å². The molecule has 4 rings (SSSR count). The second-order valence-electron chi connectivity index (χ2n) is 9.91. The SMILES string of the molecule is CC(C)C(NC(=O)c1cccc2c1-c1ccccc1C2)C(=O)N1CCCC1C(=O)NC(C=O)CC(=O)O. The molecule has 3 unspecified atom stereocenters. The van der Waals surface area contributed by atoms with Crippen molar-refractivity contribution in [3.8, 4) is 11.1 Å². The lowest BCUT2D eigenvalue weighted by Gasteiger charge is -2.31. The normalized spacial score (nSPS) is 17.5. The Labute approximate surface area is 215 Å². The van der Waals surface area contributed by atoms with E-state index in [1.54, 1.807) is 6.07 Å². The Hall–Kier alpha value is -4.01. The lowest BCUT2D eigenvalue weighted by atomic mass is 9.97. The van der Waals surface area contributed by atoms with Crippen LogP contribution < -0.4 is 10.6 Å². The molecule has 1 aliphatic carbocycles. The maximum absolute atomic E-state index is 13.6. The number of rotatable bonds is 9. The number of aldehydes is 1. The summed E-state index contributed by atoms with van der Waals surface area (Å²) in [4.78, 5) is 63.5. The fourth-order valence-corrected chi connectivity index (χ4v) is 5.19. The van der Waals surface area contributed by atoms with Gasteiger partial charge >= 0.3 is 5.97 Å². The van der Waals surface area contributed by atoms with Gasteiger partial charge in [-0.25, -0.2) is 0 Å². The fraction of sp³-hybridized carbons (Fsp3) is 0.393. The number of nitrogens with one attached hydrogen (secondary N) is 2. The van der Waals surface area contributed by atoms with Crippen LogP contribution in [-0.2, 0) is 25.6 Å². The predicted octanol–water partition coefficient (Wildman–Crippen LogP) is 2.16. The van der Waals surface area contributed by atoms with E-state index < -0.39 is 36.4 Å². The number of likely N-dealkylation sites (tertiary alicyclic amines) is 1. The molecule has 9 nitrogen and oxygen atoms in total. The van der Waals surface area contributed by atoms with Crippen molar-refractivity contribution < 1.29 is 29.1 Å². The molecule has 1 fully saturated rings. The van der Waals surface area contributed by atoms with Gasteiger partial charge in [0.2, 0.25) is 11.8 Å². The molecule has 1 heterocycles. The van der Waals surface area contributed by atoms with Gasteiger partial charge in [0.1, 0.15) is 18.4 Å². The first kappa shape index (κ1) is 26.1. The number of benzene rings is 2. The van der Waals surface area contributed by atoms with E-state index in [0.717, 1.165) is 28.7 Å². The molecular weight excluding hydrogens is 474 g/mol. The van der Waals surface area contributed by atoms with E-state index >= 15 is 0 Å². The van der Waals surface area contributed by atoms with E-state index in [1.165, 1.54) is 4.90 Å². The molecule has 0 aromatic heterocycles. The highest BCUT2D eigenvalue weighted by Gasteiger charge is 2.39. The van der Waals surface area contributed by atoms with Crippen molar-refractivity contribution in [2.45, 2.75) is 57.7 Å². The standard InChI is InChI=1S/C28H31N3O6/c1-16(2)25(28(37)31-12-6-11-22(31)27(36)29-19(15-32)14-23(33)34)30-26(35)21-10-5-8-18-13-17-7-3-4-9-20(17)24(18)21/h3-5,7-10,15-16,19,22,25H,6,11-14H2,1-2H3,(H,29,36)(H,30,35)(H,33,34). The van der Waals surface area contributed by atoms with Crippen molar-refractivity contribution in [1.82, 2.24) is 15.5 Å². The van der Waals surface area contributed by atoms with Crippen LogP contribution in [0.3, 0.4) is 0 Å². The van der Waals surface area contributed by atoms with Crippen molar-refractivity contribution in [1.29, 1.82) is 0 Å². The largest absolute Gasteiger partial charge is 0.481 e. The average molecular weight is 506 g/mol. The number of carbonyl (C=O) groups is 5. The second-order valence-corrected chi connectivity index (χ2v) is 9.91. The molecule has 1 aliphatic heterocycles. The number of hydrogen-bond donors (Lipinski definition) is 3. The quantitative estimate of drug-likeness (QED) is 0.382. The maximum Gasteiger partial charge on any atom is 0.305 e. The minimum Gasteiger partial charge on any atom is -0.481 e. The Balaban J connectivity index is 1.52. The second kappa shape index (κ2) is 10.9. The lowest BCUT2D eigenvalue weighted by Crippen LogP contribution is -2.56. The zero-order chi connectivity index (χ0) is 26.7. The third kappa shape index (κ3) is 5.40. The van der Waals surface area contributed by atoms with Crippen LogP contribution in [0.25, 0.3) is 11.1 Å². The molecule has 3 atom stereocenters. The van der Waals surface area contributed by atoms with Gasteiger partial charge in [-0.1, -0.05) is 50.2 Å². The minimum absolute atomic E-state index is 0.250. The molecule has 3 N–H and O–H groups in total. The summed E-state index contributed by atoms with van der Waals surface area (Å²) in [5, 5.41) is 14.3. The first-order chi connectivity index (χ1) is 17.7. The summed E-state index contributed by atoms with van der Waals surface area (Å²) in [6.07, 6.45) is 1.55. The average Bonchev–Trinajstić information content (AvgIpc) is 3.50. The molecule has 3 amide bonds. The molecule has 194 valence electrons. The topological polar surface area (TPSA) is 133 Å². The van der Waals surface area contributed by atoms with E-state index in [-0.39, 0.29) is 17.7 Å². The van der Waals surface area contributed by atoms with Gasteiger partial charge in [-0.3, -0.25) is 19.2 Å². The molecule has 0 bridgehead atoms. The summed E-state index contributed by atoms with van der Waals surface area (Å²) < 4.78 is 0. The summed E-state index contributed by atoms with van der Waals surface area (Å²) in [6.45, 7) is 3.98. The highest BCUT2D eigenvalue weighted by Crippen LogP contribution is 2.38. The van der Waals surface area contributed by atoms with Gasteiger partial charge in [-0.05, 0) is 53.5 Å². The number of hydrogen-bond acceptors (Lipinski definition) is 5. The number of nitrogens with zero attached hydrogens (tertiary/aromatic N) is 1. The van der Waals surface area contributed by atoms with E-state index in [0.29, 0.717) is 31.2 Å². The van der Waals surface area contributed by atoms with Crippen LogP contribution in [-0.4, -0.2) is 64.7 Å². The Kier molecular flexibility index (Phi) is 7.71. The molecule has 2 aromatic rings. The third-order valence-electron chi connectivity index (χ3n) is 7.01. The van der Waals surface area contributed by atoms with Gasteiger partial charge in [0, 0.05) is 12.1 Å². The summed E-state index contributed by atoms with van der Waals surface area (Å²) in [5.41, 5.74) is 4.60. The van der Waals surface area contributed by atoms with Crippen molar-refractivity contribution >= 4 is 30.0 Å². The van der Waals surface area contributed by atoms with Gasteiger partial charge in [0.15, 0.2) is 0 Å². The van der Waals surface area contributed by atoms with E-state index in [2.05, 4.69) is 10.6 Å². The molecular formula is C28H31N3O6. The Bertz CT molecular complexity index is 1240. The molecule has 9 heteroatoms. The highest BCUT2D eigenvalue weighted by molar-refractivity contribution is 6.05. The van der Waals surface area contributed by atoms with Crippen molar-refractivity contribution in [2.75, 3.05) is 6.54 Å². The third-order valence-corrected chi connectivity index (χ3v) is 7.01. The molecule has 0 radical (unpaired) electrons. The Morgan fingerprint density at radius 1 is 1.05 bits per heavy atom. The van der Waals surface area contributed by atoms with Gasteiger partial charge < -0.3 is 25.4 Å². The zero-order valence-electron chi connectivity index (χ0n) is 20.9. The number of carboxylic acid groups (broad SMARTS) is 1. The molecule has 1 saturated heterocycles. The van der Waals surface area contributed by atoms with Gasteiger partial charge in [-0.15, -0.1) is 0 Å². The number of fused-ring (bicyclic) bond motifs is 3. The van der Waals surface area contributed by atoms with Crippen LogP contribution in [0.4, 0.5) is 0 Å². The number of amides is 3. The minimum atomic E-state index is -1.21. The Morgan fingerprint density at radius 3 is 2.49 bits per heavy atom. The predicted molar refractivity (Wildman–Crippen MR) is 136 cm³/mol. The zero-order valence-corrected chi connectivity index (χ0v) is 20.9. The number of carbonyl (C=O) groups excluding carboxylic acids is 4. The molecule has 2 aromatic carbocycles. The smallest absolute Gasteiger partial charge is 0.305 e. The van der Waals surface area contributed by atoms with Crippen molar-refractivity contribution in [3.63, 3.8) is 0 Å². The molecule has 2 aliphatic rings. The summed E-state index contributed by atoms with van der Waals surface area (Å²) in [6, 6.07) is 10.7. The van der Waals surface area contributed by atoms with Crippen LogP contribution in [0.5, 0.6) is 0 Å². The maximum atomic E-state index is 13.6.